The Labute approximate surface area is 233 Å². The van der Waals surface area contributed by atoms with Gasteiger partial charge in [0.2, 0.25) is 23.6 Å². The molecule has 13 heteroatoms. The van der Waals surface area contributed by atoms with Crippen LogP contribution in [-0.2, 0) is 30.4 Å². The zero-order valence-corrected chi connectivity index (χ0v) is 22.9. The van der Waals surface area contributed by atoms with Crippen LogP contribution >= 0.6 is 0 Å². The van der Waals surface area contributed by atoms with E-state index in [1.54, 1.807) is 13.1 Å². The van der Waals surface area contributed by atoms with Gasteiger partial charge >= 0.3 is 5.97 Å². The number of rotatable bonds is 17. The lowest BCUT2D eigenvalue weighted by Crippen LogP contribution is -2.58. The molecular weight excluding hydrogens is 518 g/mol. The van der Waals surface area contributed by atoms with Gasteiger partial charge in [-0.25, -0.2) is 4.79 Å². The van der Waals surface area contributed by atoms with Gasteiger partial charge < -0.3 is 43.2 Å². The molecule has 5 atom stereocenters. The number of aromatic nitrogens is 1. The average molecular weight is 560 g/mol. The van der Waals surface area contributed by atoms with E-state index < -0.39 is 60.2 Å². The second-order valence-electron chi connectivity index (χ2n) is 9.96. The number of aliphatic carboxylic acids is 1. The maximum atomic E-state index is 13.4. The quantitative estimate of drug-likeness (QED) is 0.119. The van der Waals surface area contributed by atoms with Crippen LogP contribution in [0.5, 0.6) is 0 Å². The number of hydrogen-bond acceptors (Lipinski definition) is 7. The molecule has 0 saturated carbocycles. The number of nitrogens with one attached hydrogen (secondary N) is 4. The Morgan fingerprint density at radius 2 is 1.62 bits per heavy atom. The van der Waals surface area contributed by atoms with Gasteiger partial charge in [0.05, 0.1) is 12.5 Å². The van der Waals surface area contributed by atoms with E-state index in [0.717, 1.165) is 16.5 Å². The molecule has 4 amide bonds. The van der Waals surface area contributed by atoms with Crippen LogP contribution in [0.1, 0.15) is 51.5 Å². The lowest BCUT2D eigenvalue weighted by molar-refractivity contribution is -0.143. The molecule has 220 valence electrons. The number of carboxylic acids is 1. The number of carbonyl (C=O) groups is 5. The number of aromatic amines is 1. The minimum atomic E-state index is -1.25. The highest BCUT2D eigenvalue weighted by Gasteiger charge is 2.32. The van der Waals surface area contributed by atoms with Gasteiger partial charge in [-0.05, 0) is 43.4 Å². The van der Waals surface area contributed by atoms with Crippen LogP contribution in [0.3, 0.4) is 0 Å². The molecule has 0 radical (unpaired) electrons. The van der Waals surface area contributed by atoms with Crippen molar-refractivity contribution in [1.29, 1.82) is 0 Å². The zero-order valence-electron chi connectivity index (χ0n) is 22.9. The molecule has 5 unspecified atom stereocenters. The topological polar surface area (TPSA) is 236 Å². The van der Waals surface area contributed by atoms with Gasteiger partial charge in [-0.2, -0.15) is 0 Å². The average Bonchev–Trinajstić information content (AvgIpc) is 3.32. The Hall–Kier alpha value is -3.97. The molecule has 11 N–H and O–H groups in total. The van der Waals surface area contributed by atoms with Crippen LogP contribution in [0.2, 0.25) is 0 Å². The van der Waals surface area contributed by atoms with Crippen molar-refractivity contribution >= 4 is 40.5 Å². The fourth-order valence-electron chi connectivity index (χ4n) is 4.29. The largest absolute Gasteiger partial charge is 0.480 e. The molecule has 40 heavy (non-hydrogen) atoms. The normalized spacial score (nSPS) is 14.9. The van der Waals surface area contributed by atoms with Gasteiger partial charge in [-0.1, -0.05) is 38.5 Å². The zero-order chi connectivity index (χ0) is 29.8. The van der Waals surface area contributed by atoms with Gasteiger partial charge in [-0.15, -0.1) is 0 Å². The number of nitrogens with two attached hydrogens (primary N) is 3. The Bertz CT molecular complexity index is 1180. The number of carboxylic acid groups (broad SMARTS) is 1. The summed E-state index contributed by atoms with van der Waals surface area (Å²) < 4.78 is 0. The first-order valence-corrected chi connectivity index (χ1v) is 13.4. The lowest BCUT2D eigenvalue weighted by atomic mass is 9.97. The predicted molar refractivity (Wildman–Crippen MR) is 150 cm³/mol. The van der Waals surface area contributed by atoms with Gasteiger partial charge in [0.25, 0.3) is 0 Å². The van der Waals surface area contributed by atoms with E-state index in [4.69, 9.17) is 17.2 Å². The van der Waals surface area contributed by atoms with Gasteiger partial charge in [0.1, 0.15) is 18.1 Å². The minimum absolute atomic E-state index is 0.0547. The number of carbonyl (C=O) groups excluding carboxylic acids is 4. The monoisotopic (exact) mass is 559 g/mol. The third-order valence-electron chi connectivity index (χ3n) is 6.85. The summed E-state index contributed by atoms with van der Waals surface area (Å²) >= 11 is 0. The molecule has 1 aromatic carbocycles. The molecule has 0 fully saturated rings. The highest BCUT2D eigenvalue weighted by atomic mass is 16.4. The number of hydrogen-bond donors (Lipinski definition) is 8. The van der Waals surface area contributed by atoms with Crippen LogP contribution in [0.25, 0.3) is 10.9 Å². The fraction of sp³-hybridized carbons (Fsp3) is 0.519. The van der Waals surface area contributed by atoms with Gasteiger partial charge in [0, 0.05) is 23.5 Å². The minimum Gasteiger partial charge on any atom is -0.480 e. The molecule has 13 nitrogen and oxygen atoms in total. The van der Waals surface area contributed by atoms with Crippen molar-refractivity contribution in [3.05, 3.63) is 36.0 Å². The molecule has 1 aromatic heterocycles. The van der Waals surface area contributed by atoms with Crippen LogP contribution in [0, 0.1) is 5.92 Å². The molecule has 0 aliphatic heterocycles. The third kappa shape index (κ3) is 9.35. The van der Waals surface area contributed by atoms with E-state index in [9.17, 15) is 29.1 Å². The van der Waals surface area contributed by atoms with Crippen LogP contribution in [-0.4, -0.2) is 70.4 Å². The van der Waals surface area contributed by atoms with Crippen LogP contribution in [0.15, 0.2) is 30.5 Å². The molecule has 2 rings (SSSR count). The Morgan fingerprint density at radius 3 is 2.25 bits per heavy atom. The summed E-state index contributed by atoms with van der Waals surface area (Å²) in [6.45, 7) is 3.90. The molecule has 0 aliphatic carbocycles. The number of fused-ring (bicyclic) bond motifs is 1. The van der Waals surface area contributed by atoms with Crippen molar-refractivity contribution in [3.8, 4) is 0 Å². The summed E-state index contributed by atoms with van der Waals surface area (Å²) in [4.78, 5) is 65.7. The van der Waals surface area contributed by atoms with Gasteiger partial charge in [-0.3, -0.25) is 19.2 Å². The first-order chi connectivity index (χ1) is 19.0. The smallest absolute Gasteiger partial charge is 0.326 e. The lowest BCUT2D eigenvalue weighted by Gasteiger charge is -2.26. The fourth-order valence-corrected chi connectivity index (χ4v) is 4.29. The molecule has 0 bridgehead atoms. The first-order valence-electron chi connectivity index (χ1n) is 13.4. The molecular formula is C27H41N7O6. The van der Waals surface area contributed by atoms with Crippen molar-refractivity contribution in [3.63, 3.8) is 0 Å². The molecule has 0 spiro atoms. The van der Waals surface area contributed by atoms with E-state index in [1.807, 2.05) is 31.2 Å². The summed E-state index contributed by atoms with van der Waals surface area (Å²) in [7, 11) is 0. The van der Waals surface area contributed by atoms with Crippen molar-refractivity contribution in [1.82, 2.24) is 20.9 Å². The molecule has 0 aliphatic rings. The third-order valence-corrected chi connectivity index (χ3v) is 6.85. The predicted octanol–water partition coefficient (Wildman–Crippen LogP) is -0.373. The maximum Gasteiger partial charge on any atom is 0.326 e. The van der Waals surface area contributed by atoms with Crippen LogP contribution < -0.4 is 33.2 Å². The summed E-state index contributed by atoms with van der Waals surface area (Å²) in [6.07, 6.45) is 3.17. The van der Waals surface area contributed by atoms with E-state index in [-0.39, 0.29) is 18.8 Å². The highest BCUT2D eigenvalue weighted by Crippen LogP contribution is 2.20. The van der Waals surface area contributed by atoms with Crippen molar-refractivity contribution < 1.29 is 29.1 Å². The standard InChI is InChI=1S/C27H41N7O6/c1-3-15(2)23(27(39)40)34-26(38)21(12-16-14-31-19-9-5-4-8-17(16)19)33-25(37)20(10-6-7-11-28)32-24(36)18(29)13-22(30)35/h4-5,8-9,14-15,18,20-21,23,31H,3,6-7,10-13,28-29H2,1-2H3,(H2,30,35)(H,32,36)(H,33,37)(H,34,38)(H,39,40). The van der Waals surface area contributed by atoms with Gasteiger partial charge in [0.15, 0.2) is 0 Å². The molecule has 1 heterocycles. The second kappa shape index (κ2) is 15.6. The highest BCUT2D eigenvalue weighted by molar-refractivity contribution is 5.95. The molecule has 0 saturated heterocycles. The van der Waals surface area contributed by atoms with Crippen molar-refractivity contribution in [2.75, 3.05) is 6.54 Å². The van der Waals surface area contributed by atoms with Crippen LogP contribution in [0.4, 0.5) is 0 Å². The Balaban J connectivity index is 2.33. The second-order valence-corrected chi connectivity index (χ2v) is 9.96. The number of unbranched alkanes of at least 4 members (excludes halogenated alkanes) is 1. The van der Waals surface area contributed by atoms with E-state index in [0.29, 0.717) is 25.8 Å². The SMILES string of the molecule is CCC(C)C(NC(=O)C(Cc1c[nH]c2ccccc12)NC(=O)C(CCCCN)NC(=O)C(N)CC(N)=O)C(=O)O. The maximum absolute atomic E-state index is 13.4. The number of para-hydroxylation sites is 1. The van der Waals surface area contributed by atoms with E-state index >= 15 is 0 Å². The first kappa shape index (κ1) is 32.2. The van der Waals surface area contributed by atoms with Crippen molar-refractivity contribution in [2.24, 2.45) is 23.1 Å². The summed E-state index contributed by atoms with van der Waals surface area (Å²) in [5, 5.41) is 18.3. The number of primary amides is 1. The number of benzene rings is 1. The van der Waals surface area contributed by atoms with E-state index in [1.165, 1.54) is 0 Å². The Kier molecular flexibility index (Phi) is 12.6. The summed E-state index contributed by atoms with van der Waals surface area (Å²) in [5.41, 5.74) is 18.0. The Morgan fingerprint density at radius 1 is 0.975 bits per heavy atom. The molecule has 2 aromatic rings. The summed E-state index contributed by atoms with van der Waals surface area (Å²) in [5.74, 6) is -4.39. The number of amides is 4. The van der Waals surface area contributed by atoms with E-state index in [2.05, 4.69) is 20.9 Å². The number of H-pyrrole nitrogens is 1. The summed E-state index contributed by atoms with van der Waals surface area (Å²) in [6, 6.07) is 2.78. The van der Waals surface area contributed by atoms with Crippen molar-refractivity contribution in [2.45, 2.75) is 76.5 Å².